The maximum Gasteiger partial charge on any atom is 0.312 e. The van der Waals surface area contributed by atoms with Crippen molar-refractivity contribution in [1.82, 2.24) is 19.5 Å². The minimum atomic E-state index is -0.936. The summed E-state index contributed by atoms with van der Waals surface area (Å²) in [7, 11) is 0. The molecule has 1 saturated carbocycles. The maximum absolute atomic E-state index is 11.6. The van der Waals surface area contributed by atoms with Gasteiger partial charge in [0.05, 0.1) is 46.4 Å². The smallest absolute Gasteiger partial charge is 0.312 e. The molecule has 0 aliphatic heterocycles. The number of carbonyl (C=O) groups is 1. The third kappa shape index (κ3) is 3.87. The van der Waals surface area contributed by atoms with Gasteiger partial charge in [-0.1, -0.05) is 29.3 Å². The van der Waals surface area contributed by atoms with Gasteiger partial charge in [-0.2, -0.15) is 0 Å². The molecule has 6 nitrogen and oxygen atoms in total. The minimum Gasteiger partial charge on any atom is -0.481 e. The first-order valence-electron chi connectivity index (χ1n) is 10.8. The normalized spacial score (nSPS) is 15.5. The van der Waals surface area contributed by atoms with Crippen molar-refractivity contribution in [3.8, 4) is 11.3 Å². The largest absolute Gasteiger partial charge is 0.481 e. The van der Waals surface area contributed by atoms with Crippen molar-refractivity contribution >= 4 is 40.2 Å². The quantitative estimate of drug-likeness (QED) is 0.341. The summed E-state index contributed by atoms with van der Waals surface area (Å²) in [6.07, 6.45) is 7.36. The van der Waals surface area contributed by atoms with Crippen molar-refractivity contribution in [2.75, 3.05) is 0 Å². The molecule has 8 heteroatoms. The van der Waals surface area contributed by atoms with Crippen molar-refractivity contribution in [2.45, 2.75) is 44.6 Å². The summed E-state index contributed by atoms with van der Waals surface area (Å²) in [4.78, 5) is 25.0. The Hall–Kier alpha value is -2.96. The maximum atomic E-state index is 11.6. The van der Waals surface area contributed by atoms with Gasteiger partial charge in [0.2, 0.25) is 0 Å². The number of hydrogen-bond acceptors (Lipinski definition) is 4. The number of fused-ring (bicyclic) bond motifs is 1. The van der Waals surface area contributed by atoms with Crippen molar-refractivity contribution in [3.63, 3.8) is 0 Å². The van der Waals surface area contributed by atoms with Crippen LogP contribution in [0.5, 0.6) is 0 Å². The molecule has 0 saturated heterocycles. The zero-order valence-corrected chi connectivity index (χ0v) is 19.7. The first kappa shape index (κ1) is 21.9. The highest BCUT2D eigenvalue weighted by Crippen LogP contribution is 2.47. The number of rotatable bonds is 6. The molecule has 1 aromatic carbocycles. The number of aromatic nitrogens is 4. The van der Waals surface area contributed by atoms with Crippen LogP contribution in [0.3, 0.4) is 0 Å². The predicted octanol–water partition coefficient (Wildman–Crippen LogP) is 6.47. The van der Waals surface area contributed by atoms with E-state index in [9.17, 15) is 9.90 Å². The Bertz CT molecular complexity index is 1380. The Labute approximate surface area is 201 Å². The second kappa shape index (κ2) is 8.43. The van der Waals surface area contributed by atoms with Crippen LogP contribution in [0.4, 0.5) is 0 Å². The molecule has 1 unspecified atom stereocenters. The Morgan fingerprint density at radius 1 is 1.15 bits per heavy atom. The molecule has 5 rings (SSSR count). The molecule has 168 valence electrons. The number of carboxylic acids is 1. The van der Waals surface area contributed by atoms with Gasteiger partial charge < -0.3 is 9.67 Å². The van der Waals surface area contributed by atoms with Crippen LogP contribution in [-0.2, 0) is 4.79 Å². The number of pyridine rings is 2. The zero-order chi connectivity index (χ0) is 23.3. The number of aliphatic carboxylic acids is 1. The van der Waals surface area contributed by atoms with Crippen LogP contribution in [0.15, 0.2) is 49.1 Å². The van der Waals surface area contributed by atoms with E-state index in [1.54, 1.807) is 31.7 Å². The van der Waals surface area contributed by atoms with Crippen LogP contribution in [0, 0.1) is 0 Å². The lowest BCUT2D eigenvalue weighted by Crippen LogP contribution is -2.11. The Morgan fingerprint density at radius 3 is 2.67 bits per heavy atom. The lowest BCUT2D eigenvalue weighted by molar-refractivity contribution is -0.138. The zero-order valence-electron chi connectivity index (χ0n) is 18.2. The highest BCUT2D eigenvalue weighted by Gasteiger charge is 2.29. The number of benzene rings is 1. The van der Waals surface area contributed by atoms with Gasteiger partial charge in [-0.05, 0) is 62.4 Å². The summed E-state index contributed by atoms with van der Waals surface area (Å²) in [6, 6.07) is 9.33. The second-order valence-electron chi connectivity index (χ2n) is 8.52. The standard InChI is InChI=1S/C25H22Cl2N4O2/c1-13(25(32)33)24-17(4-3-9-28-24)19-10-21-20(11-29-19)30-12-31(21)14(2)22-18(26)8-7-16(23(22)27)15-5-6-15/h3-4,7-15H,5-6H2,1-2H3,(H,32,33)/t13?,14-/m1/s1. The molecule has 1 fully saturated rings. The van der Waals surface area contributed by atoms with Crippen LogP contribution in [-0.4, -0.2) is 30.6 Å². The molecule has 0 amide bonds. The van der Waals surface area contributed by atoms with Crippen molar-refractivity contribution in [3.05, 3.63) is 75.9 Å². The Balaban J connectivity index is 1.62. The lowest BCUT2D eigenvalue weighted by Gasteiger charge is -2.20. The molecule has 33 heavy (non-hydrogen) atoms. The third-order valence-electron chi connectivity index (χ3n) is 6.36. The molecule has 2 atom stereocenters. The lowest BCUT2D eigenvalue weighted by atomic mass is 9.99. The first-order chi connectivity index (χ1) is 15.9. The van der Waals surface area contributed by atoms with Gasteiger partial charge in [0, 0.05) is 22.3 Å². The number of nitrogens with zero attached hydrogens (tertiary/aromatic N) is 4. The van der Waals surface area contributed by atoms with Crippen LogP contribution < -0.4 is 0 Å². The molecule has 3 heterocycles. The monoisotopic (exact) mass is 480 g/mol. The van der Waals surface area contributed by atoms with Gasteiger partial charge in [-0.15, -0.1) is 0 Å². The molecular formula is C25H22Cl2N4O2. The third-order valence-corrected chi connectivity index (χ3v) is 7.12. The van der Waals surface area contributed by atoms with E-state index in [1.165, 1.54) is 0 Å². The molecule has 0 bridgehead atoms. The Kier molecular flexibility index (Phi) is 5.59. The molecule has 0 spiro atoms. The van der Waals surface area contributed by atoms with E-state index in [0.717, 1.165) is 40.0 Å². The highest BCUT2D eigenvalue weighted by molar-refractivity contribution is 6.36. The molecule has 1 aliphatic rings. The van der Waals surface area contributed by atoms with Gasteiger partial charge in [0.15, 0.2) is 0 Å². The van der Waals surface area contributed by atoms with E-state index in [2.05, 4.69) is 15.0 Å². The molecule has 3 aromatic heterocycles. The van der Waals surface area contributed by atoms with E-state index < -0.39 is 11.9 Å². The van der Waals surface area contributed by atoms with Crippen LogP contribution in [0.2, 0.25) is 10.0 Å². The summed E-state index contributed by atoms with van der Waals surface area (Å²) < 4.78 is 2.03. The Morgan fingerprint density at radius 2 is 1.94 bits per heavy atom. The fourth-order valence-corrected chi connectivity index (χ4v) is 5.14. The van der Waals surface area contributed by atoms with Gasteiger partial charge in [-0.25, -0.2) is 4.98 Å². The summed E-state index contributed by atoms with van der Waals surface area (Å²) in [5, 5.41) is 10.9. The average molecular weight is 481 g/mol. The van der Waals surface area contributed by atoms with Crippen molar-refractivity contribution < 1.29 is 9.90 Å². The summed E-state index contributed by atoms with van der Waals surface area (Å²) in [5.74, 6) is -1.18. The van der Waals surface area contributed by atoms with E-state index in [4.69, 9.17) is 23.2 Å². The number of halogens is 2. The number of hydrogen-bond donors (Lipinski definition) is 1. The fraction of sp³-hybridized carbons (Fsp3) is 0.280. The van der Waals surface area contributed by atoms with E-state index in [0.29, 0.717) is 27.9 Å². The van der Waals surface area contributed by atoms with Gasteiger partial charge in [0.1, 0.15) is 5.52 Å². The van der Waals surface area contributed by atoms with Crippen molar-refractivity contribution in [2.24, 2.45) is 0 Å². The van der Waals surface area contributed by atoms with Crippen LogP contribution in [0.25, 0.3) is 22.3 Å². The molecular weight excluding hydrogens is 459 g/mol. The predicted molar refractivity (Wildman–Crippen MR) is 129 cm³/mol. The van der Waals surface area contributed by atoms with E-state index >= 15 is 0 Å². The van der Waals surface area contributed by atoms with E-state index in [1.807, 2.05) is 35.8 Å². The van der Waals surface area contributed by atoms with Crippen LogP contribution in [0.1, 0.15) is 61.4 Å². The van der Waals surface area contributed by atoms with Gasteiger partial charge in [0.25, 0.3) is 0 Å². The highest BCUT2D eigenvalue weighted by atomic mass is 35.5. The average Bonchev–Trinajstić information content (AvgIpc) is 3.56. The van der Waals surface area contributed by atoms with E-state index in [-0.39, 0.29) is 6.04 Å². The SMILES string of the molecule is CC(C(=O)O)c1ncccc1-c1cc2c(cn1)ncn2[C@H](C)c1c(Cl)ccc(C2CC2)c1Cl. The molecule has 1 aliphatic carbocycles. The topological polar surface area (TPSA) is 80.9 Å². The fourth-order valence-electron chi connectivity index (χ4n) is 4.30. The molecule has 0 radical (unpaired) electrons. The summed E-state index contributed by atoms with van der Waals surface area (Å²) in [5.41, 5.74) is 5.40. The number of imidazole rings is 1. The molecule has 1 N–H and O–H groups in total. The van der Waals surface area contributed by atoms with Crippen molar-refractivity contribution in [1.29, 1.82) is 0 Å². The summed E-state index contributed by atoms with van der Waals surface area (Å²) in [6.45, 7) is 3.67. The van der Waals surface area contributed by atoms with Gasteiger partial charge in [-0.3, -0.25) is 14.8 Å². The number of carboxylic acid groups (broad SMARTS) is 1. The summed E-state index contributed by atoms with van der Waals surface area (Å²) >= 11 is 13.4. The molecule has 4 aromatic rings. The first-order valence-corrected chi connectivity index (χ1v) is 11.6. The second-order valence-corrected chi connectivity index (χ2v) is 9.31. The van der Waals surface area contributed by atoms with Crippen LogP contribution >= 0.6 is 23.2 Å². The minimum absolute atomic E-state index is 0.157. The van der Waals surface area contributed by atoms with Gasteiger partial charge >= 0.3 is 5.97 Å².